The van der Waals surface area contributed by atoms with Crippen molar-refractivity contribution in [1.82, 2.24) is 0 Å². The third-order valence-corrected chi connectivity index (χ3v) is 4.94. The maximum atomic E-state index is 12.1. The van der Waals surface area contributed by atoms with E-state index in [1.165, 1.54) is 38.8 Å². The van der Waals surface area contributed by atoms with Crippen LogP contribution in [0.5, 0.6) is 0 Å². The summed E-state index contributed by atoms with van der Waals surface area (Å²) in [4.78, 5) is 12.1. The van der Waals surface area contributed by atoms with Crippen molar-refractivity contribution in [2.24, 2.45) is 11.8 Å². The SMILES string of the molecule is CCCCCC(C)CCC(=O)OC(C)(C)C1CC[NH2+]CC1. The molecule has 1 aliphatic rings. The monoisotopic (exact) mass is 298 g/mol. The predicted molar refractivity (Wildman–Crippen MR) is 87.1 cm³/mol. The van der Waals surface area contributed by atoms with Crippen LogP contribution in [0, 0.1) is 11.8 Å². The average Bonchev–Trinajstić information content (AvgIpc) is 2.46. The molecule has 1 heterocycles. The first kappa shape index (κ1) is 18.5. The van der Waals surface area contributed by atoms with Crippen LogP contribution in [0.1, 0.15) is 79.1 Å². The van der Waals surface area contributed by atoms with Crippen LogP contribution < -0.4 is 5.32 Å². The summed E-state index contributed by atoms with van der Waals surface area (Å²) in [6, 6.07) is 0. The number of rotatable bonds is 9. The molecule has 0 radical (unpaired) electrons. The summed E-state index contributed by atoms with van der Waals surface area (Å²) < 4.78 is 5.80. The second-order valence-electron chi connectivity index (χ2n) is 7.36. The van der Waals surface area contributed by atoms with Gasteiger partial charge in [0.15, 0.2) is 0 Å². The minimum absolute atomic E-state index is 0.00288. The molecule has 1 fully saturated rings. The lowest BCUT2D eigenvalue weighted by Gasteiger charge is -2.35. The van der Waals surface area contributed by atoms with Crippen LogP contribution in [-0.2, 0) is 9.53 Å². The lowest BCUT2D eigenvalue weighted by molar-refractivity contribution is -0.665. The van der Waals surface area contributed by atoms with E-state index < -0.39 is 0 Å². The largest absolute Gasteiger partial charge is 0.459 e. The minimum atomic E-state index is -0.295. The van der Waals surface area contributed by atoms with Gasteiger partial charge in [-0.25, -0.2) is 0 Å². The van der Waals surface area contributed by atoms with Crippen LogP contribution >= 0.6 is 0 Å². The number of carbonyl (C=O) groups excluding carboxylic acids is 1. The van der Waals surface area contributed by atoms with Crippen LogP contribution in [0.15, 0.2) is 0 Å². The summed E-state index contributed by atoms with van der Waals surface area (Å²) in [7, 11) is 0. The molecule has 0 aromatic heterocycles. The number of quaternary nitrogens is 1. The number of hydrogen-bond donors (Lipinski definition) is 1. The number of carbonyl (C=O) groups is 1. The summed E-state index contributed by atoms with van der Waals surface area (Å²) in [5.74, 6) is 1.15. The zero-order valence-electron chi connectivity index (χ0n) is 14.6. The fourth-order valence-electron chi connectivity index (χ4n) is 3.30. The highest BCUT2D eigenvalue weighted by atomic mass is 16.6. The van der Waals surface area contributed by atoms with Gasteiger partial charge in [0.25, 0.3) is 0 Å². The van der Waals surface area contributed by atoms with Gasteiger partial charge in [-0.15, -0.1) is 0 Å². The maximum absolute atomic E-state index is 12.1. The van der Waals surface area contributed by atoms with Crippen LogP contribution in [-0.4, -0.2) is 24.7 Å². The van der Waals surface area contributed by atoms with Crippen molar-refractivity contribution in [2.75, 3.05) is 13.1 Å². The lowest BCUT2D eigenvalue weighted by Crippen LogP contribution is -2.86. The molecule has 1 atom stereocenters. The first-order valence-electron chi connectivity index (χ1n) is 8.99. The topological polar surface area (TPSA) is 42.9 Å². The van der Waals surface area contributed by atoms with Crippen LogP contribution in [0.4, 0.5) is 0 Å². The van der Waals surface area contributed by atoms with Crippen LogP contribution in [0.25, 0.3) is 0 Å². The molecule has 1 saturated heterocycles. The Hall–Kier alpha value is -0.570. The molecule has 1 aliphatic heterocycles. The Bertz CT molecular complexity index is 296. The van der Waals surface area contributed by atoms with Crippen molar-refractivity contribution >= 4 is 5.97 Å². The zero-order chi connectivity index (χ0) is 15.7. The van der Waals surface area contributed by atoms with Gasteiger partial charge in [-0.2, -0.15) is 0 Å². The Morgan fingerprint density at radius 3 is 2.52 bits per heavy atom. The number of hydrogen-bond acceptors (Lipinski definition) is 2. The molecule has 124 valence electrons. The molecule has 0 aromatic carbocycles. The second-order valence-corrected chi connectivity index (χ2v) is 7.36. The molecule has 1 unspecified atom stereocenters. The van der Waals surface area contributed by atoms with Crippen molar-refractivity contribution in [3.05, 3.63) is 0 Å². The Morgan fingerprint density at radius 1 is 1.24 bits per heavy atom. The van der Waals surface area contributed by atoms with E-state index in [2.05, 4.69) is 33.0 Å². The molecular weight excluding hydrogens is 262 g/mol. The predicted octanol–water partition coefficient (Wildman–Crippen LogP) is 3.28. The molecule has 0 aliphatic carbocycles. The van der Waals surface area contributed by atoms with E-state index in [1.54, 1.807) is 0 Å². The number of nitrogens with two attached hydrogens (primary N) is 1. The molecule has 0 saturated carbocycles. The number of ether oxygens (including phenoxy) is 1. The van der Waals surface area contributed by atoms with Crippen molar-refractivity contribution in [2.45, 2.75) is 84.7 Å². The molecule has 0 aromatic rings. The van der Waals surface area contributed by atoms with E-state index >= 15 is 0 Å². The summed E-state index contributed by atoms with van der Waals surface area (Å²) in [6.45, 7) is 11.0. The Morgan fingerprint density at radius 2 is 1.90 bits per heavy atom. The summed E-state index contributed by atoms with van der Waals surface area (Å²) in [6.07, 6.45) is 8.97. The van der Waals surface area contributed by atoms with Crippen LogP contribution in [0.2, 0.25) is 0 Å². The van der Waals surface area contributed by atoms with E-state index in [1.807, 2.05) is 0 Å². The molecular formula is C18H36NO2+. The highest BCUT2D eigenvalue weighted by Crippen LogP contribution is 2.28. The van der Waals surface area contributed by atoms with Crippen molar-refractivity contribution in [1.29, 1.82) is 0 Å². The molecule has 0 spiro atoms. The van der Waals surface area contributed by atoms with Gasteiger partial charge in [-0.1, -0.05) is 39.5 Å². The summed E-state index contributed by atoms with van der Waals surface area (Å²) in [5, 5.41) is 2.35. The molecule has 3 nitrogen and oxygen atoms in total. The number of piperidine rings is 1. The average molecular weight is 298 g/mol. The van der Waals surface area contributed by atoms with E-state index in [9.17, 15) is 4.79 Å². The van der Waals surface area contributed by atoms with E-state index in [0.717, 1.165) is 19.3 Å². The lowest BCUT2D eigenvalue weighted by atomic mass is 9.83. The summed E-state index contributed by atoms with van der Waals surface area (Å²) >= 11 is 0. The third-order valence-electron chi connectivity index (χ3n) is 4.94. The van der Waals surface area contributed by atoms with Gasteiger partial charge in [-0.05, 0) is 26.2 Å². The highest BCUT2D eigenvalue weighted by molar-refractivity contribution is 5.69. The Labute approximate surface area is 131 Å². The smallest absolute Gasteiger partial charge is 0.306 e. The van der Waals surface area contributed by atoms with Crippen LogP contribution in [0.3, 0.4) is 0 Å². The quantitative estimate of drug-likeness (QED) is 0.524. The first-order valence-corrected chi connectivity index (χ1v) is 8.99. The second kappa shape index (κ2) is 9.45. The number of unbranched alkanes of at least 4 members (excludes halogenated alkanes) is 2. The van der Waals surface area contributed by atoms with Crippen molar-refractivity contribution in [3.63, 3.8) is 0 Å². The van der Waals surface area contributed by atoms with Gasteiger partial charge in [-0.3, -0.25) is 4.79 Å². The molecule has 0 amide bonds. The summed E-state index contributed by atoms with van der Waals surface area (Å²) in [5.41, 5.74) is -0.295. The van der Waals surface area contributed by atoms with E-state index in [0.29, 0.717) is 18.3 Å². The Kier molecular flexibility index (Phi) is 8.31. The van der Waals surface area contributed by atoms with E-state index in [-0.39, 0.29) is 11.6 Å². The fraction of sp³-hybridized carbons (Fsp3) is 0.944. The molecule has 3 heteroatoms. The van der Waals surface area contributed by atoms with E-state index in [4.69, 9.17) is 4.74 Å². The fourth-order valence-corrected chi connectivity index (χ4v) is 3.30. The standard InChI is InChI=1S/C18H35NO2/c1-5-6-7-8-15(2)9-10-17(20)21-18(3,4)16-11-13-19-14-12-16/h15-16,19H,5-14H2,1-4H3/p+1. The van der Waals surface area contributed by atoms with Gasteiger partial charge in [0.1, 0.15) is 5.60 Å². The highest BCUT2D eigenvalue weighted by Gasteiger charge is 2.35. The van der Waals surface area contributed by atoms with Gasteiger partial charge < -0.3 is 10.1 Å². The van der Waals surface area contributed by atoms with Gasteiger partial charge >= 0.3 is 5.97 Å². The normalized spacial score (nSPS) is 18.5. The van der Waals surface area contributed by atoms with Gasteiger partial charge in [0, 0.05) is 25.2 Å². The number of esters is 1. The molecule has 2 N–H and O–H groups in total. The molecule has 1 rings (SSSR count). The zero-order valence-corrected chi connectivity index (χ0v) is 14.6. The van der Waals surface area contributed by atoms with Gasteiger partial charge in [0.2, 0.25) is 0 Å². The third kappa shape index (κ3) is 7.30. The molecule has 21 heavy (non-hydrogen) atoms. The van der Waals surface area contributed by atoms with Crippen molar-refractivity contribution in [3.8, 4) is 0 Å². The Balaban J connectivity index is 2.25. The maximum Gasteiger partial charge on any atom is 0.306 e. The van der Waals surface area contributed by atoms with Crippen molar-refractivity contribution < 1.29 is 14.8 Å². The minimum Gasteiger partial charge on any atom is -0.459 e. The first-order chi connectivity index (χ1) is 9.95. The molecule has 0 bridgehead atoms. The van der Waals surface area contributed by atoms with Gasteiger partial charge in [0.05, 0.1) is 13.1 Å².